The number of thiophene rings is 2. The highest BCUT2D eigenvalue weighted by molar-refractivity contribution is 7.24. The van der Waals surface area contributed by atoms with Gasteiger partial charge in [-0.15, -0.1) is 22.7 Å². The van der Waals surface area contributed by atoms with Gasteiger partial charge in [-0.3, -0.25) is 0 Å². The van der Waals surface area contributed by atoms with Crippen LogP contribution in [0.15, 0.2) is 99.7 Å². The number of benzene rings is 3. The van der Waals surface area contributed by atoms with E-state index in [1.807, 2.05) is 30.3 Å². The van der Waals surface area contributed by atoms with Crippen LogP contribution in [0.1, 0.15) is 23.8 Å². The first kappa shape index (κ1) is 29.0. The van der Waals surface area contributed by atoms with E-state index < -0.39 is 11.6 Å². The molecule has 0 fully saturated rings. The number of aliphatic carboxylic acids is 1. The highest BCUT2D eigenvalue weighted by atomic mass is 32.1. The highest BCUT2D eigenvalue weighted by Crippen LogP contribution is 2.41. The molecule has 47 heavy (non-hydrogen) atoms. The minimum Gasteiger partial charge on any atom is -0.477 e. The monoisotopic (exact) mass is 653 g/mol. The topological polar surface area (TPSA) is 99.5 Å². The summed E-state index contributed by atoms with van der Waals surface area (Å²) in [5.74, 6) is -1.25. The van der Waals surface area contributed by atoms with E-state index in [0.29, 0.717) is 16.0 Å². The molecule has 8 rings (SSSR count). The molecule has 7 aromatic rings. The van der Waals surface area contributed by atoms with E-state index in [9.17, 15) is 9.59 Å². The summed E-state index contributed by atoms with van der Waals surface area (Å²) in [5, 5.41) is 21.7. The minimum atomic E-state index is -1.25. The molecule has 0 saturated heterocycles. The number of carboxylic acids is 1. The zero-order valence-electron chi connectivity index (χ0n) is 25.3. The van der Waals surface area contributed by atoms with Crippen LogP contribution in [0.5, 0.6) is 0 Å². The van der Waals surface area contributed by atoms with E-state index in [1.165, 1.54) is 56.1 Å². The summed E-state index contributed by atoms with van der Waals surface area (Å²) in [7, 11) is 0. The number of hydrogen-bond acceptors (Lipinski definition) is 7. The lowest BCUT2D eigenvalue weighted by molar-refractivity contribution is -0.132. The molecule has 230 valence electrons. The number of aromatic nitrogens is 1. The zero-order valence-corrected chi connectivity index (χ0v) is 27.0. The summed E-state index contributed by atoms with van der Waals surface area (Å²) in [6, 6.07) is 30.6. The van der Waals surface area contributed by atoms with Gasteiger partial charge in [0.1, 0.15) is 17.2 Å². The third-order valence-corrected chi connectivity index (χ3v) is 11.2. The van der Waals surface area contributed by atoms with E-state index in [0.717, 1.165) is 57.3 Å². The Kier molecular flexibility index (Phi) is 7.05. The van der Waals surface area contributed by atoms with Gasteiger partial charge in [0.2, 0.25) is 0 Å². The molecule has 0 atom stereocenters. The lowest BCUT2D eigenvalue weighted by Crippen LogP contribution is -2.24. The van der Waals surface area contributed by atoms with Crippen molar-refractivity contribution in [1.82, 2.24) is 4.57 Å². The van der Waals surface area contributed by atoms with Crippen molar-refractivity contribution >= 4 is 78.9 Å². The predicted octanol–water partition coefficient (Wildman–Crippen LogP) is 9.45. The maximum absolute atomic E-state index is 13.4. The van der Waals surface area contributed by atoms with Gasteiger partial charge >= 0.3 is 11.6 Å². The van der Waals surface area contributed by atoms with E-state index in [2.05, 4.69) is 64.9 Å². The molecule has 0 unspecified atom stereocenters. The minimum absolute atomic E-state index is 0.314. The lowest BCUT2D eigenvalue weighted by atomic mass is 9.98. The molecule has 0 bridgehead atoms. The van der Waals surface area contributed by atoms with Gasteiger partial charge in [0.25, 0.3) is 0 Å². The number of para-hydroxylation sites is 1. The van der Waals surface area contributed by atoms with E-state index in [1.54, 1.807) is 12.1 Å². The second-order valence-corrected chi connectivity index (χ2v) is 13.7. The molecular formula is C38H27N3O4S2. The van der Waals surface area contributed by atoms with Gasteiger partial charge in [0.15, 0.2) is 0 Å². The number of carbonyl (C=O) groups is 1. The molecule has 1 aliphatic rings. The summed E-state index contributed by atoms with van der Waals surface area (Å²) in [6.07, 6.45) is 3.33. The Balaban J connectivity index is 1.14. The number of carboxylic acid groups (broad SMARTS) is 1. The number of hydrogen-bond donors (Lipinski definition) is 1. The van der Waals surface area contributed by atoms with Crippen LogP contribution in [0, 0.1) is 11.3 Å². The molecular weight excluding hydrogens is 627 g/mol. The molecule has 0 radical (unpaired) electrons. The first-order valence-electron chi connectivity index (χ1n) is 15.4. The van der Waals surface area contributed by atoms with E-state index in [-0.39, 0.29) is 5.57 Å². The van der Waals surface area contributed by atoms with Gasteiger partial charge < -0.3 is 19.0 Å². The number of nitrogens with zero attached hydrogens (tertiary/aromatic N) is 3. The number of anilines is 2. The fourth-order valence-electron chi connectivity index (χ4n) is 6.65. The van der Waals surface area contributed by atoms with Crippen molar-refractivity contribution in [2.75, 3.05) is 11.4 Å². The summed E-state index contributed by atoms with van der Waals surface area (Å²) in [4.78, 5) is 30.3. The fourth-order valence-corrected chi connectivity index (χ4v) is 8.70. The van der Waals surface area contributed by atoms with Crippen LogP contribution in [0.2, 0.25) is 0 Å². The number of fused-ring (bicyclic) bond motifs is 5. The zero-order chi connectivity index (χ0) is 32.2. The van der Waals surface area contributed by atoms with Crippen molar-refractivity contribution in [3.8, 4) is 26.3 Å². The molecule has 0 amide bonds. The molecule has 7 nitrogen and oxygen atoms in total. The Labute approximate surface area is 277 Å². The average Bonchev–Trinajstić information content (AvgIpc) is 3.83. The first-order valence-corrected chi connectivity index (χ1v) is 17.0. The van der Waals surface area contributed by atoms with Crippen LogP contribution >= 0.6 is 22.7 Å². The van der Waals surface area contributed by atoms with Crippen molar-refractivity contribution in [3.63, 3.8) is 0 Å². The van der Waals surface area contributed by atoms with Crippen LogP contribution in [0.3, 0.4) is 0 Å². The molecule has 1 N–H and O–H groups in total. The highest BCUT2D eigenvalue weighted by Gasteiger charge is 2.22. The average molecular weight is 654 g/mol. The molecule has 0 saturated carbocycles. The van der Waals surface area contributed by atoms with Gasteiger partial charge in [-0.2, -0.15) is 5.26 Å². The predicted molar refractivity (Wildman–Crippen MR) is 191 cm³/mol. The normalized spacial score (nSPS) is 13.4. The maximum atomic E-state index is 13.4. The lowest BCUT2D eigenvalue weighted by Gasteiger charge is -2.31. The first-order chi connectivity index (χ1) is 22.9. The number of nitriles is 1. The second kappa shape index (κ2) is 11.4. The van der Waals surface area contributed by atoms with Crippen LogP contribution in [-0.2, 0) is 17.8 Å². The molecule has 3 aromatic carbocycles. The molecule has 9 heteroatoms. The van der Waals surface area contributed by atoms with E-state index >= 15 is 0 Å². The smallest absolute Gasteiger partial charge is 0.346 e. The SMILES string of the molecule is CCn1c2ccccc2c2ccc(N3CCCc4cc5cc(-c6ccc(-c7ccc(/C=C(\C#N)C(=O)O)s7)s6)c(=O)oc5cc43)cc21. The van der Waals surface area contributed by atoms with Crippen molar-refractivity contribution in [1.29, 1.82) is 5.26 Å². The molecule has 0 aliphatic carbocycles. The summed E-state index contributed by atoms with van der Waals surface area (Å²) in [5.41, 5.74) is 6.24. The Morgan fingerprint density at radius 2 is 1.74 bits per heavy atom. The van der Waals surface area contributed by atoms with Crippen LogP contribution in [0.4, 0.5) is 11.4 Å². The summed E-state index contributed by atoms with van der Waals surface area (Å²) in [6.45, 7) is 3.95. The third kappa shape index (κ3) is 4.94. The van der Waals surface area contributed by atoms with E-state index in [4.69, 9.17) is 14.8 Å². The number of aryl methyl sites for hydroxylation is 2. The van der Waals surface area contributed by atoms with Crippen LogP contribution < -0.4 is 10.5 Å². The van der Waals surface area contributed by atoms with Gasteiger partial charge in [-0.25, -0.2) is 9.59 Å². The Morgan fingerprint density at radius 3 is 2.57 bits per heavy atom. The van der Waals surface area contributed by atoms with Gasteiger partial charge in [0.05, 0.1) is 11.1 Å². The van der Waals surface area contributed by atoms with Crippen LogP contribution in [-0.4, -0.2) is 22.2 Å². The Morgan fingerprint density at radius 1 is 0.957 bits per heavy atom. The quantitative estimate of drug-likeness (QED) is 0.109. The Bertz CT molecular complexity index is 2520. The third-order valence-electron chi connectivity index (χ3n) is 8.82. The molecule has 0 spiro atoms. The van der Waals surface area contributed by atoms with Gasteiger partial charge in [-0.1, -0.05) is 24.3 Å². The summed E-state index contributed by atoms with van der Waals surface area (Å²) < 4.78 is 8.34. The summed E-state index contributed by atoms with van der Waals surface area (Å²) >= 11 is 2.87. The largest absolute Gasteiger partial charge is 0.477 e. The van der Waals surface area contributed by atoms with Gasteiger partial charge in [-0.05, 0) is 86.0 Å². The van der Waals surface area contributed by atoms with Crippen molar-refractivity contribution in [2.24, 2.45) is 0 Å². The maximum Gasteiger partial charge on any atom is 0.346 e. The Hall–Kier alpha value is -5.43. The van der Waals surface area contributed by atoms with Gasteiger partial charge in [0, 0.05) is 71.7 Å². The fraction of sp³-hybridized carbons (Fsp3) is 0.132. The molecule has 5 heterocycles. The number of rotatable bonds is 6. The second-order valence-electron chi connectivity index (χ2n) is 11.5. The van der Waals surface area contributed by atoms with Crippen molar-refractivity contribution < 1.29 is 14.3 Å². The van der Waals surface area contributed by atoms with Crippen molar-refractivity contribution in [3.05, 3.63) is 111 Å². The van der Waals surface area contributed by atoms with Crippen LogP contribution in [0.25, 0.3) is 59.0 Å². The molecule has 4 aromatic heterocycles. The van der Waals surface area contributed by atoms with Crippen molar-refractivity contribution in [2.45, 2.75) is 26.3 Å². The standard InChI is InChI=1S/C38H27N3O4S2/c1-2-40-30-8-4-3-7-27(30)28-11-9-25(19-32(28)40)41-15-5-6-22-16-23-18-29(38(44)45-33(23)20-31(22)41)34-13-14-36(47-34)35-12-10-26(46-35)17-24(21-39)37(42)43/h3-4,7-14,16-20H,2,5-6,15H2,1H3,(H,42,43)/b24-17+. The molecule has 1 aliphatic heterocycles.